The second kappa shape index (κ2) is 3.86. The molecule has 0 spiro atoms. The van der Waals surface area contributed by atoms with Crippen molar-refractivity contribution in [2.75, 3.05) is 12.4 Å². The van der Waals surface area contributed by atoms with Crippen LogP contribution in [0, 0.1) is 5.92 Å². The van der Waals surface area contributed by atoms with Gasteiger partial charge in [0.2, 0.25) is 5.88 Å². The lowest BCUT2D eigenvalue weighted by atomic mass is 10.2. The zero-order valence-corrected chi connectivity index (χ0v) is 8.66. The van der Waals surface area contributed by atoms with Gasteiger partial charge in [-0.3, -0.25) is 0 Å². The third-order valence-electron chi connectivity index (χ3n) is 2.68. The van der Waals surface area contributed by atoms with E-state index in [0.29, 0.717) is 11.9 Å². The molecule has 1 aromatic heterocycles. The molecular weight excluding hydrogens is 176 g/mol. The highest BCUT2D eigenvalue weighted by molar-refractivity contribution is 5.52. The molecule has 0 radical (unpaired) electrons. The zero-order chi connectivity index (χ0) is 9.97. The van der Waals surface area contributed by atoms with Crippen LogP contribution in [0.2, 0.25) is 0 Å². The molecule has 14 heavy (non-hydrogen) atoms. The number of ether oxygens (including phenoxy) is 1. The van der Waals surface area contributed by atoms with E-state index in [0.717, 1.165) is 11.6 Å². The highest BCUT2D eigenvalue weighted by Gasteiger charge is 2.28. The van der Waals surface area contributed by atoms with Gasteiger partial charge in [0.25, 0.3) is 0 Å². The van der Waals surface area contributed by atoms with E-state index in [-0.39, 0.29) is 0 Å². The van der Waals surface area contributed by atoms with Crippen molar-refractivity contribution in [3.05, 3.63) is 18.3 Å². The predicted molar refractivity (Wildman–Crippen MR) is 56.6 cm³/mol. The van der Waals surface area contributed by atoms with E-state index in [1.807, 2.05) is 12.1 Å². The Morgan fingerprint density at radius 1 is 1.57 bits per heavy atom. The summed E-state index contributed by atoms with van der Waals surface area (Å²) in [5, 5.41) is 3.44. The number of pyridine rings is 1. The maximum Gasteiger partial charge on any atom is 0.237 e. The number of anilines is 1. The third kappa shape index (κ3) is 1.97. The summed E-state index contributed by atoms with van der Waals surface area (Å²) in [4.78, 5) is 4.15. The molecule has 1 aromatic rings. The van der Waals surface area contributed by atoms with Gasteiger partial charge in [0.05, 0.1) is 12.8 Å². The average molecular weight is 192 g/mol. The predicted octanol–water partition coefficient (Wildman–Crippen LogP) is 2.30. The molecule has 0 saturated heterocycles. The highest BCUT2D eigenvalue weighted by atomic mass is 16.5. The van der Waals surface area contributed by atoms with E-state index < -0.39 is 0 Å². The second-order valence-corrected chi connectivity index (χ2v) is 3.83. The lowest BCUT2D eigenvalue weighted by Gasteiger charge is -2.15. The quantitative estimate of drug-likeness (QED) is 0.794. The molecular formula is C11H16N2O. The average Bonchev–Trinajstić information content (AvgIpc) is 3.02. The SMILES string of the molecule is COc1ncccc1N[C@@H](C)C1CC1. The van der Waals surface area contributed by atoms with Crippen LogP contribution in [0.4, 0.5) is 5.69 Å². The maximum absolute atomic E-state index is 5.17. The molecule has 1 heterocycles. The summed E-state index contributed by atoms with van der Waals surface area (Å²) in [6.07, 6.45) is 4.43. The molecule has 3 nitrogen and oxygen atoms in total. The third-order valence-corrected chi connectivity index (χ3v) is 2.68. The topological polar surface area (TPSA) is 34.1 Å². The van der Waals surface area contributed by atoms with E-state index in [2.05, 4.69) is 17.2 Å². The second-order valence-electron chi connectivity index (χ2n) is 3.83. The molecule has 0 unspecified atom stereocenters. The standard InChI is InChI=1S/C11H16N2O/c1-8(9-5-6-9)13-10-4-3-7-12-11(10)14-2/h3-4,7-9,13H,5-6H2,1-2H3/t8-/m0/s1. The minimum Gasteiger partial charge on any atom is -0.480 e. The summed E-state index contributed by atoms with van der Waals surface area (Å²) in [5.41, 5.74) is 0.995. The Hall–Kier alpha value is -1.25. The monoisotopic (exact) mass is 192 g/mol. The number of aromatic nitrogens is 1. The smallest absolute Gasteiger partial charge is 0.237 e. The summed E-state index contributed by atoms with van der Waals surface area (Å²) >= 11 is 0. The van der Waals surface area contributed by atoms with Crippen molar-refractivity contribution in [2.24, 2.45) is 5.92 Å². The van der Waals surface area contributed by atoms with Crippen LogP contribution in [-0.2, 0) is 0 Å². The van der Waals surface area contributed by atoms with Crippen molar-refractivity contribution in [1.82, 2.24) is 4.98 Å². The lowest BCUT2D eigenvalue weighted by molar-refractivity contribution is 0.399. The van der Waals surface area contributed by atoms with E-state index in [1.165, 1.54) is 12.8 Å². The number of hydrogen-bond donors (Lipinski definition) is 1. The van der Waals surface area contributed by atoms with Gasteiger partial charge in [-0.25, -0.2) is 4.98 Å². The first-order valence-electron chi connectivity index (χ1n) is 5.07. The summed E-state index contributed by atoms with van der Waals surface area (Å²) in [7, 11) is 1.65. The Balaban J connectivity index is 2.06. The fraction of sp³-hybridized carbons (Fsp3) is 0.545. The number of nitrogens with one attached hydrogen (secondary N) is 1. The lowest BCUT2D eigenvalue weighted by Crippen LogP contribution is -2.17. The van der Waals surface area contributed by atoms with Gasteiger partial charge in [-0.2, -0.15) is 0 Å². The first-order valence-corrected chi connectivity index (χ1v) is 5.07. The van der Waals surface area contributed by atoms with Crippen LogP contribution in [0.15, 0.2) is 18.3 Å². The molecule has 0 amide bonds. The van der Waals surface area contributed by atoms with E-state index in [9.17, 15) is 0 Å². The van der Waals surface area contributed by atoms with E-state index in [4.69, 9.17) is 4.74 Å². The van der Waals surface area contributed by atoms with Gasteiger partial charge < -0.3 is 10.1 Å². The van der Waals surface area contributed by atoms with E-state index >= 15 is 0 Å². The number of hydrogen-bond acceptors (Lipinski definition) is 3. The van der Waals surface area contributed by atoms with Gasteiger partial charge >= 0.3 is 0 Å². The molecule has 3 heteroatoms. The molecule has 1 fully saturated rings. The van der Waals surface area contributed by atoms with Crippen LogP contribution in [-0.4, -0.2) is 18.1 Å². The van der Waals surface area contributed by atoms with Crippen molar-refractivity contribution < 1.29 is 4.74 Å². The van der Waals surface area contributed by atoms with Crippen molar-refractivity contribution in [3.8, 4) is 5.88 Å². The molecule has 1 saturated carbocycles. The normalized spacial score (nSPS) is 17.6. The van der Waals surface area contributed by atoms with Gasteiger partial charge in [-0.1, -0.05) is 0 Å². The van der Waals surface area contributed by atoms with Crippen LogP contribution in [0.25, 0.3) is 0 Å². The van der Waals surface area contributed by atoms with Crippen molar-refractivity contribution in [1.29, 1.82) is 0 Å². The van der Waals surface area contributed by atoms with Gasteiger partial charge in [-0.05, 0) is 37.8 Å². The molecule has 1 atom stereocenters. The highest BCUT2D eigenvalue weighted by Crippen LogP contribution is 2.35. The number of nitrogens with zero attached hydrogens (tertiary/aromatic N) is 1. The molecule has 76 valence electrons. The van der Waals surface area contributed by atoms with Crippen LogP contribution >= 0.6 is 0 Å². The van der Waals surface area contributed by atoms with Crippen molar-refractivity contribution in [2.45, 2.75) is 25.8 Å². The molecule has 0 bridgehead atoms. The first kappa shape index (κ1) is 9.31. The fourth-order valence-corrected chi connectivity index (χ4v) is 1.62. The van der Waals surface area contributed by atoms with Crippen LogP contribution in [0.5, 0.6) is 5.88 Å². The first-order chi connectivity index (χ1) is 6.81. The van der Waals surface area contributed by atoms with Gasteiger partial charge in [0.15, 0.2) is 0 Å². The zero-order valence-electron chi connectivity index (χ0n) is 8.66. The molecule has 1 N–H and O–H groups in total. The van der Waals surface area contributed by atoms with Gasteiger partial charge in [-0.15, -0.1) is 0 Å². The molecule has 0 aliphatic heterocycles. The summed E-state index contributed by atoms with van der Waals surface area (Å²) in [6.45, 7) is 2.21. The van der Waals surface area contributed by atoms with Crippen LogP contribution < -0.4 is 10.1 Å². The van der Waals surface area contributed by atoms with E-state index in [1.54, 1.807) is 13.3 Å². The number of methoxy groups -OCH3 is 1. The Morgan fingerprint density at radius 2 is 2.36 bits per heavy atom. The van der Waals surface area contributed by atoms with Crippen LogP contribution in [0.1, 0.15) is 19.8 Å². The molecule has 1 aliphatic carbocycles. The molecule has 1 aliphatic rings. The molecule has 2 rings (SSSR count). The Morgan fingerprint density at radius 3 is 3.00 bits per heavy atom. The maximum atomic E-state index is 5.17. The summed E-state index contributed by atoms with van der Waals surface area (Å²) < 4.78 is 5.17. The van der Waals surface area contributed by atoms with Gasteiger partial charge in [0, 0.05) is 12.2 Å². The molecule has 0 aromatic carbocycles. The Kier molecular flexibility index (Phi) is 2.57. The van der Waals surface area contributed by atoms with Crippen molar-refractivity contribution >= 4 is 5.69 Å². The minimum atomic E-state index is 0.521. The van der Waals surface area contributed by atoms with Crippen LogP contribution in [0.3, 0.4) is 0 Å². The van der Waals surface area contributed by atoms with Gasteiger partial charge in [0.1, 0.15) is 0 Å². The van der Waals surface area contributed by atoms with Crippen molar-refractivity contribution in [3.63, 3.8) is 0 Å². The Labute approximate surface area is 84.5 Å². The number of rotatable bonds is 4. The Bertz CT molecular complexity index is 310. The fourth-order valence-electron chi connectivity index (χ4n) is 1.62. The minimum absolute atomic E-state index is 0.521. The summed E-state index contributed by atoms with van der Waals surface area (Å²) in [6, 6.07) is 4.45. The summed E-state index contributed by atoms with van der Waals surface area (Å²) in [5.74, 6) is 1.51. The largest absolute Gasteiger partial charge is 0.480 e.